The van der Waals surface area contributed by atoms with Gasteiger partial charge in [-0.3, -0.25) is 0 Å². The van der Waals surface area contributed by atoms with Crippen molar-refractivity contribution in [2.45, 2.75) is 44.9 Å². The lowest BCUT2D eigenvalue weighted by atomic mass is 10.2. The lowest BCUT2D eigenvalue weighted by Gasteiger charge is -2.45. The Morgan fingerprint density at radius 2 is 1.38 bits per heavy atom. The second-order valence-corrected chi connectivity index (χ2v) is 13.6. The van der Waals surface area contributed by atoms with E-state index in [9.17, 15) is 0 Å². The number of hydrogen-bond acceptors (Lipinski definition) is 3. The van der Waals surface area contributed by atoms with Gasteiger partial charge in [-0.15, -0.1) is 0 Å². The summed E-state index contributed by atoms with van der Waals surface area (Å²) >= 11 is 0. The van der Waals surface area contributed by atoms with Crippen molar-refractivity contribution in [3.8, 4) is 5.75 Å². The van der Waals surface area contributed by atoms with E-state index >= 15 is 0 Å². The summed E-state index contributed by atoms with van der Waals surface area (Å²) in [5.74, 6) is 0.843. The molecule has 0 N–H and O–H groups in total. The average molecular weight is 445 g/mol. The van der Waals surface area contributed by atoms with Crippen LogP contribution < -0.4 is 15.1 Å². The van der Waals surface area contributed by atoms with Crippen LogP contribution in [0.3, 0.4) is 0 Å². The average Bonchev–Trinajstić information content (AvgIpc) is 3.24. The summed E-state index contributed by atoms with van der Waals surface area (Å²) in [4.78, 5) is 0. The van der Waals surface area contributed by atoms with Crippen molar-refractivity contribution < 1.29 is 13.9 Å². The molecule has 0 fully saturated rings. The molecule has 0 radical (unpaired) electrons. The van der Waals surface area contributed by atoms with Gasteiger partial charge in [0.25, 0.3) is 8.32 Å². The summed E-state index contributed by atoms with van der Waals surface area (Å²) in [6.07, 6.45) is 3.40. The van der Waals surface area contributed by atoms with Gasteiger partial charge in [0.05, 0.1) is 6.26 Å². The molecule has 0 amide bonds. The van der Waals surface area contributed by atoms with E-state index in [0.29, 0.717) is 6.61 Å². The van der Waals surface area contributed by atoms with Crippen LogP contribution in [-0.4, -0.2) is 27.1 Å². The van der Waals surface area contributed by atoms with Crippen LogP contribution in [0.15, 0.2) is 97.3 Å². The molecule has 0 aromatic heterocycles. The number of aryl methyl sites for hydroxylation is 1. The highest BCUT2D eigenvalue weighted by Crippen LogP contribution is 2.38. The minimum Gasteiger partial charge on any atom is -0.492 e. The Bertz CT molecular complexity index is 984. The van der Waals surface area contributed by atoms with Gasteiger partial charge in [-0.2, -0.15) is 0 Å². The second-order valence-electron chi connectivity index (χ2n) is 9.37. The van der Waals surface area contributed by atoms with E-state index in [1.165, 1.54) is 15.9 Å². The predicted octanol–water partition coefficient (Wildman–Crippen LogP) is 5.23. The van der Waals surface area contributed by atoms with Crippen LogP contribution in [0.2, 0.25) is 5.04 Å². The maximum absolute atomic E-state index is 7.20. The zero-order chi connectivity index (χ0) is 22.6. The summed E-state index contributed by atoms with van der Waals surface area (Å²) in [5.41, 5.74) is 1.21. The third kappa shape index (κ3) is 4.52. The Morgan fingerprint density at radius 1 is 0.812 bits per heavy atom. The molecule has 0 spiro atoms. The van der Waals surface area contributed by atoms with Crippen LogP contribution in [0.1, 0.15) is 26.3 Å². The smallest absolute Gasteiger partial charge is 0.262 e. The number of hydrogen-bond donors (Lipinski definition) is 0. The monoisotopic (exact) mass is 444 g/mol. The fraction of sp³-hybridized carbons (Fsp3) is 0.286. The standard InChI is InChI=1S/C28H32O3Si/c1-22-15-17-23(18-16-22)30-21-27-26(19-20-29-27)31-32(28(2,3)4,24-11-7-5-8-12-24)25-13-9-6-10-14-25/h5-20,26-27H,21H2,1-4H3/t26-,27+/m0/s1. The van der Waals surface area contributed by atoms with Crippen molar-refractivity contribution in [1.82, 2.24) is 0 Å². The molecule has 4 heteroatoms. The minimum absolute atomic E-state index is 0.0888. The largest absolute Gasteiger partial charge is 0.492 e. The first kappa shape index (κ1) is 22.4. The number of rotatable bonds is 7. The van der Waals surface area contributed by atoms with Gasteiger partial charge in [0, 0.05) is 0 Å². The molecule has 0 bridgehead atoms. The third-order valence-electron chi connectivity index (χ3n) is 6.05. The zero-order valence-corrected chi connectivity index (χ0v) is 20.3. The predicted molar refractivity (Wildman–Crippen MR) is 133 cm³/mol. The molecule has 1 aliphatic rings. The Hall–Kier alpha value is -2.82. The van der Waals surface area contributed by atoms with Crippen LogP contribution in [0.4, 0.5) is 0 Å². The Morgan fingerprint density at radius 3 is 1.91 bits per heavy atom. The first-order valence-corrected chi connectivity index (χ1v) is 13.1. The lowest BCUT2D eigenvalue weighted by molar-refractivity contribution is 0.0359. The molecule has 3 nitrogen and oxygen atoms in total. The fourth-order valence-corrected chi connectivity index (χ4v) is 9.04. The van der Waals surface area contributed by atoms with E-state index in [-0.39, 0.29) is 17.2 Å². The van der Waals surface area contributed by atoms with Crippen molar-refractivity contribution in [3.63, 3.8) is 0 Å². The van der Waals surface area contributed by atoms with Gasteiger partial charge in [-0.25, -0.2) is 0 Å². The molecule has 0 saturated heterocycles. The van der Waals surface area contributed by atoms with E-state index in [2.05, 4.69) is 100 Å². The molecular weight excluding hydrogens is 412 g/mol. The number of ether oxygens (including phenoxy) is 2. The second kappa shape index (κ2) is 9.35. The van der Waals surface area contributed by atoms with Gasteiger partial charge < -0.3 is 13.9 Å². The fourth-order valence-electron chi connectivity index (χ4n) is 4.38. The molecule has 4 rings (SSSR count). The van der Waals surface area contributed by atoms with Gasteiger partial charge in [0.1, 0.15) is 18.5 Å². The first-order chi connectivity index (χ1) is 15.4. The molecule has 166 valence electrons. The SMILES string of the molecule is Cc1ccc(OC[C@H]2OC=C[C@@H]2O[Si](c2ccccc2)(c2ccccc2)C(C)(C)C)cc1. The summed E-state index contributed by atoms with van der Waals surface area (Å²) in [7, 11) is -2.66. The maximum Gasteiger partial charge on any atom is 0.262 e. The summed E-state index contributed by atoms with van der Waals surface area (Å²) in [6, 6.07) is 29.5. The molecule has 1 heterocycles. The van der Waals surface area contributed by atoms with Gasteiger partial charge in [-0.1, -0.05) is 99.1 Å². The highest BCUT2D eigenvalue weighted by Gasteiger charge is 2.52. The molecule has 1 aliphatic heterocycles. The topological polar surface area (TPSA) is 27.7 Å². The van der Waals surface area contributed by atoms with Crippen molar-refractivity contribution in [2.24, 2.45) is 0 Å². The highest BCUT2D eigenvalue weighted by atomic mass is 28.4. The summed E-state index contributed by atoms with van der Waals surface area (Å²) in [5, 5.41) is 2.43. The van der Waals surface area contributed by atoms with E-state index in [1.54, 1.807) is 6.26 Å². The van der Waals surface area contributed by atoms with Gasteiger partial charge in [0.15, 0.2) is 6.10 Å². The normalized spacial score (nSPS) is 18.4. The van der Waals surface area contributed by atoms with Gasteiger partial charge in [0.2, 0.25) is 0 Å². The molecule has 2 atom stereocenters. The quantitative estimate of drug-likeness (QED) is 0.467. The summed E-state index contributed by atoms with van der Waals surface area (Å²) < 4.78 is 19.2. The molecule has 0 aliphatic carbocycles. The molecule has 3 aromatic rings. The van der Waals surface area contributed by atoms with Crippen LogP contribution in [0, 0.1) is 6.92 Å². The van der Waals surface area contributed by atoms with Crippen LogP contribution in [0.25, 0.3) is 0 Å². The van der Waals surface area contributed by atoms with Gasteiger partial charge in [-0.05, 0) is 40.5 Å². The van der Waals surface area contributed by atoms with Crippen LogP contribution in [-0.2, 0) is 9.16 Å². The van der Waals surface area contributed by atoms with Gasteiger partial charge >= 0.3 is 0 Å². The van der Waals surface area contributed by atoms with Crippen molar-refractivity contribution >= 4 is 18.7 Å². The minimum atomic E-state index is -2.66. The third-order valence-corrected chi connectivity index (χ3v) is 11.1. The van der Waals surface area contributed by atoms with Crippen molar-refractivity contribution in [2.75, 3.05) is 6.61 Å². The molecular formula is C28H32O3Si. The first-order valence-electron chi connectivity index (χ1n) is 11.2. The Balaban J connectivity index is 1.66. The van der Waals surface area contributed by atoms with E-state index < -0.39 is 8.32 Å². The zero-order valence-electron chi connectivity index (χ0n) is 19.3. The van der Waals surface area contributed by atoms with Crippen molar-refractivity contribution in [3.05, 3.63) is 103 Å². The lowest BCUT2D eigenvalue weighted by Crippen LogP contribution is -2.68. The molecule has 0 saturated carbocycles. The highest BCUT2D eigenvalue weighted by molar-refractivity contribution is 6.99. The van der Waals surface area contributed by atoms with Crippen LogP contribution >= 0.6 is 0 Å². The van der Waals surface area contributed by atoms with E-state index in [0.717, 1.165) is 5.75 Å². The van der Waals surface area contributed by atoms with E-state index in [4.69, 9.17) is 13.9 Å². The summed E-state index contributed by atoms with van der Waals surface area (Å²) in [6.45, 7) is 9.37. The molecule has 0 unspecified atom stereocenters. The molecule has 3 aromatic carbocycles. The molecule has 32 heavy (non-hydrogen) atoms. The number of benzene rings is 3. The maximum atomic E-state index is 7.20. The van der Waals surface area contributed by atoms with E-state index in [1.807, 2.05) is 18.2 Å². The van der Waals surface area contributed by atoms with Crippen molar-refractivity contribution in [1.29, 1.82) is 0 Å². The Labute approximate surface area is 192 Å². The Kier molecular flexibility index (Phi) is 6.54. The van der Waals surface area contributed by atoms with Crippen LogP contribution in [0.5, 0.6) is 5.75 Å².